The van der Waals surface area contributed by atoms with Crippen molar-refractivity contribution < 1.29 is 27.8 Å². The molecule has 0 aromatic heterocycles. The molecule has 0 radical (unpaired) electrons. The quantitative estimate of drug-likeness (QED) is 0.287. The summed E-state index contributed by atoms with van der Waals surface area (Å²) in [5, 5.41) is 9.15. The number of hydrogen-bond donors (Lipinski definition) is 1. The Hall–Kier alpha value is -1.98. The number of hydrogen-bond acceptors (Lipinski definition) is 3. The summed E-state index contributed by atoms with van der Waals surface area (Å²) in [5.41, 5.74) is -0.0440. The van der Waals surface area contributed by atoms with Gasteiger partial charge in [-0.15, -0.1) is 0 Å². The maximum atomic E-state index is 13.0. The summed E-state index contributed by atoms with van der Waals surface area (Å²) >= 11 is 0. The molecule has 3 nitrogen and oxygen atoms in total. The molecule has 146 valence electrons. The number of aromatic hydroxyl groups is 1. The average molecular weight is 372 g/mol. The second-order valence-electron chi connectivity index (χ2n) is 6.25. The van der Waals surface area contributed by atoms with Crippen LogP contribution in [0.5, 0.6) is 5.75 Å². The van der Waals surface area contributed by atoms with Crippen molar-refractivity contribution in [1.29, 1.82) is 0 Å². The van der Waals surface area contributed by atoms with E-state index < -0.39 is 18.2 Å². The highest BCUT2D eigenvalue weighted by molar-refractivity contribution is 5.89. The summed E-state index contributed by atoms with van der Waals surface area (Å²) in [6, 6.07) is 4.87. The van der Waals surface area contributed by atoms with Gasteiger partial charge in [0.05, 0.1) is 5.56 Å². The molecule has 0 aliphatic heterocycles. The Bertz CT molecular complexity index is 550. The number of rotatable bonds is 11. The van der Waals surface area contributed by atoms with Crippen molar-refractivity contribution in [3.63, 3.8) is 0 Å². The van der Waals surface area contributed by atoms with Crippen LogP contribution in [0.4, 0.5) is 13.2 Å². The van der Waals surface area contributed by atoms with E-state index in [1.54, 1.807) is 0 Å². The molecular weight excluding hydrogens is 345 g/mol. The number of esters is 1. The van der Waals surface area contributed by atoms with Crippen LogP contribution in [0.15, 0.2) is 36.4 Å². The zero-order chi connectivity index (χ0) is 19.4. The lowest BCUT2D eigenvalue weighted by Crippen LogP contribution is -2.32. The first-order chi connectivity index (χ1) is 12.3. The molecule has 1 N–H and O–H groups in total. The van der Waals surface area contributed by atoms with Crippen molar-refractivity contribution in [2.75, 3.05) is 0 Å². The molecule has 0 bridgehead atoms. The van der Waals surface area contributed by atoms with Gasteiger partial charge in [0.15, 0.2) is 0 Å². The highest BCUT2D eigenvalue weighted by Gasteiger charge is 2.41. The summed E-state index contributed by atoms with van der Waals surface area (Å²) in [6.45, 7) is 2.15. The number of alkyl halides is 3. The Labute approximate surface area is 152 Å². The van der Waals surface area contributed by atoms with E-state index in [-0.39, 0.29) is 11.3 Å². The molecule has 1 aromatic carbocycles. The van der Waals surface area contributed by atoms with Gasteiger partial charge in [0.25, 0.3) is 0 Å². The monoisotopic (exact) mass is 372 g/mol. The van der Waals surface area contributed by atoms with E-state index in [2.05, 4.69) is 11.7 Å². The SMILES string of the molecule is CCCCCCCCC/C=C/C(OC(=O)c1ccc(O)cc1)C(F)(F)F. The molecule has 0 spiro atoms. The maximum Gasteiger partial charge on any atom is 0.429 e. The van der Waals surface area contributed by atoms with Crippen molar-refractivity contribution in [3.05, 3.63) is 42.0 Å². The van der Waals surface area contributed by atoms with E-state index in [1.807, 2.05) is 0 Å². The topological polar surface area (TPSA) is 46.5 Å². The lowest BCUT2D eigenvalue weighted by molar-refractivity contribution is -0.189. The van der Waals surface area contributed by atoms with Gasteiger partial charge in [0.1, 0.15) is 5.75 Å². The van der Waals surface area contributed by atoms with Crippen molar-refractivity contribution in [3.8, 4) is 5.75 Å². The molecule has 0 aliphatic rings. The number of allylic oxidation sites excluding steroid dienone is 1. The fourth-order valence-electron chi connectivity index (χ4n) is 2.44. The first-order valence-electron chi connectivity index (χ1n) is 9.08. The third kappa shape index (κ3) is 8.92. The third-order valence-corrected chi connectivity index (χ3v) is 3.94. The van der Waals surface area contributed by atoms with Gasteiger partial charge < -0.3 is 9.84 Å². The summed E-state index contributed by atoms with van der Waals surface area (Å²) in [4.78, 5) is 11.8. The lowest BCUT2D eigenvalue weighted by atomic mass is 10.1. The molecule has 1 atom stereocenters. The largest absolute Gasteiger partial charge is 0.508 e. The molecule has 1 unspecified atom stereocenters. The van der Waals surface area contributed by atoms with Crippen LogP contribution in [-0.2, 0) is 4.74 Å². The minimum absolute atomic E-state index is 0.0440. The molecule has 0 aliphatic carbocycles. The average Bonchev–Trinajstić information content (AvgIpc) is 2.58. The van der Waals surface area contributed by atoms with Gasteiger partial charge >= 0.3 is 12.1 Å². The predicted octanol–water partition coefficient (Wildman–Crippen LogP) is 6.18. The van der Waals surface area contributed by atoms with E-state index in [1.165, 1.54) is 49.6 Å². The van der Waals surface area contributed by atoms with Crippen LogP contribution in [0.3, 0.4) is 0 Å². The van der Waals surface area contributed by atoms with Crippen molar-refractivity contribution in [1.82, 2.24) is 0 Å². The van der Waals surface area contributed by atoms with Gasteiger partial charge in [-0.05, 0) is 43.2 Å². The van der Waals surface area contributed by atoms with Crippen molar-refractivity contribution in [2.24, 2.45) is 0 Å². The maximum absolute atomic E-state index is 13.0. The number of unbranched alkanes of at least 4 members (excludes halogenated alkanes) is 7. The summed E-state index contributed by atoms with van der Waals surface area (Å²) < 4.78 is 43.7. The van der Waals surface area contributed by atoms with Gasteiger partial charge in [0, 0.05) is 0 Å². The zero-order valence-corrected chi connectivity index (χ0v) is 15.1. The molecule has 0 saturated carbocycles. The molecule has 0 saturated heterocycles. The number of phenolic OH excluding ortho intramolecular Hbond substituents is 1. The van der Waals surface area contributed by atoms with Crippen molar-refractivity contribution in [2.45, 2.75) is 70.6 Å². The van der Waals surface area contributed by atoms with Gasteiger partial charge in [0.2, 0.25) is 6.10 Å². The number of ether oxygens (including phenoxy) is 1. The van der Waals surface area contributed by atoms with E-state index in [4.69, 9.17) is 5.11 Å². The Morgan fingerprint density at radius 1 is 1.08 bits per heavy atom. The Kier molecular flexibility index (Phi) is 9.84. The summed E-state index contributed by atoms with van der Waals surface area (Å²) in [5.74, 6) is -1.16. The minimum atomic E-state index is -4.66. The second-order valence-corrected chi connectivity index (χ2v) is 6.25. The third-order valence-electron chi connectivity index (χ3n) is 3.94. The Morgan fingerprint density at radius 3 is 2.23 bits per heavy atom. The van der Waals surface area contributed by atoms with E-state index in [9.17, 15) is 18.0 Å². The van der Waals surface area contributed by atoms with Crippen LogP contribution in [0.25, 0.3) is 0 Å². The number of carbonyl (C=O) groups excluding carboxylic acids is 1. The molecule has 0 heterocycles. The van der Waals surface area contributed by atoms with Gasteiger partial charge in [-0.25, -0.2) is 4.79 Å². The molecule has 0 amide bonds. The van der Waals surface area contributed by atoms with Gasteiger partial charge in [-0.1, -0.05) is 51.5 Å². The van der Waals surface area contributed by atoms with Crippen LogP contribution in [0.1, 0.15) is 68.6 Å². The predicted molar refractivity (Wildman–Crippen MR) is 95.1 cm³/mol. The second kappa shape index (κ2) is 11.6. The first-order valence-corrected chi connectivity index (χ1v) is 9.08. The smallest absolute Gasteiger partial charge is 0.429 e. The van der Waals surface area contributed by atoms with Gasteiger partial charge in [-0.3, -0.25) is 0 Å². The minimum Gasteiger partial charge on any atom is -0.508 e. The van der Waals surface area contributed by atoms with Gasteiger partial charge in [-0.2, -0.15) is 13.2 Å². The molecular formula is C20H27F3O3. The van der Waals surface area contributed by atoms with Crippen LogP contribution >= 0.6 is 0 Å². The molecule has 6 heteroatoms. The van der Waals surface area contributed by atoms with Crippen LogP contribution in [0.2, 0.25) is 0 Å². The van der Waals surface area contributed by atoms with E-state index >= 15 is 0 Å². The van der Waals surface area contributed by atoms with E-state index in [0.29, 0.717) is 6.42 Å². The number of benzene rings is 1. The van der Waals surface area contributed by atoms with Crippen LogP contribution in [-0.4, -0.2) is 23.4 Å². The molecule has 1 rings (SSSR count). The fraction of sp³-hybridized carbons (Fsp3) is 0.550. The normalized spacial score (nSPS) is 13.1. The van der Waals surface area contributed by atoms with Crippen LogP contribution in [0, 0.1) is 0 Å². The highest BCUT2D eigenvalue weighted by atomic mass is 19.4. The fourth-order valence-corrected chi connectivity index (χ4v) is 2.44. The lowest BCUT2D eigenvalue weighted by Gasteiger charge is -2.17. The number of carbonyl (C=O) groups is 1. The highest BCUT2D eigenvalue weighted by Crippen LogP contribution is 2.25. The molecule has 0 fully saturated rings. The Morgan fingerprint density at radius 2 is 1.65 bits per heavy atom. The standard InChI is InChI=1S/C20H27F3O3/c1-2-3-4-5-6-7-8-9-10-11-18(20(21,22)23)26-19(25)16-12-14-17(24)15-13-16/h10-15,18,24H,2-9H2,1H3/b11-10+. The number of halogens is 3. The summed E-state index contributed by atoms with van der Waals surface area (Å²) in [6.07, 6.45) is 3.58. The Balaban J connectivity index is 2.44. The van der Waals surface area contributed by atoms with Crippen molar-refractivity contribution >= 4 is 5.97 Å². The molecule has 26 heavy (non-hydrogen) atoms. The zero-order valence-electron chi connectivity index (χ0n) is 15.1. The summed E-state index contributed by atoms with van der Waals surface area (Å²) in [7, 11) is 0. The van der Waals surface area contributed by atoms with Crippen LogP contribution < -0.4 is 0 Å². The molecule has 1 aromatic rings. The van der Waals surface area contributed by atoms with E-state index in [0.717, 1.165) is 31.8 Å². The first kappa shape index (κ1) is 22.1. The number of phenols is 1.